The number of aryl methyl sites for hydroxylation is 1. The lowest BCUT2D eigenvalue weighted by molar-refractivity contribution is -0.116. The summed E-state index contributed by atoms with van der Waals surface area (Å²) in [6, 6.07) is 16.0. The molecular formula is C18H17ClO. The van der Waals surface area contributed by atoms with E-state index in [1.54, 1.807) is 6.92 Å². The molecule has 2 aromatic rings. The van der Waals surface area contributed by atoms with Gasteiger partial charge in [-0.05, 0) is 42.7 Å². The number of benzene rings is 2. The van der Waals surface area contributed by atoms with Crippen LogP contribution < -0.4 is 0 Å². The summed E-state index contributed by atoms with van der Waals surface area (Å²) in [5, 5.41) is 0.712. The highest BCUT2D eigenvalue weighted by Gasteiger charge is 2.05. The molecule has 2 rings (SSSR count). The summed E-state index contributed by atoms with van der Waals surface area (Å²) < 4.78 is 0. The van der Waals surface area contributed by atoms with Crippen LogP contribution >= 0.6 is 11.6 Å². The van der Waals surface area contributed by atoms with Crippen LogP contribution in [0.15, 0.2) is 54.6 Å². The van der Waals surface area contributed by atoms with Crippen molar-refractivity contribution in [3.63, 3.8) is 0 Å². The molecule has 0 heterocycles. The molecular weight excluding hydrogens is 268 g/mol. The van der Waals surface area contributed by atoms with Gasteiger partial charge in [-0.3, -0.25) is 4.79 Å². The Hall–Kier alpha value is -1.86. The highest BCUT2D eigenvalue weighted by Crippen LogP contribution is 2.25. The van der Waals surface area contributed by atoms with Crippen molar-refractivity contribution < 1.29 is 4.79 Å². The Bertz CT molecular complexity index is 574. The number of carbonyl (C=O) groups is 1. The Balaban J connectivity index is 2.44. The largest absolute Gasteiger partial charge is 0.300 e. The molecule has 0 aliphatic rings. The first-order chi connectivity index (χ1) is 9.56. The molecule has 0 atom stereocenters. The summed E-state index contributed by atoms with van der Waals surface area (Å²) in [5.41, 5.74) is 4.46. The van der Waals surface area contributed by atoms with Crippen LogP contribution in [-0.4, -0.2) is 5.78 Å². The fourth-order valence-electron chi connectivity index (χ4n) is 2.01. The Kier molecular flexibility index (Phi) is 4.75. The van der Waals surface area contributed by atoms with Crippen molar-refractivity contribution in [2.45, 2.75) is 20.3 Å². The molecule has 2 heteroatoms. The van der Waals surface area contributed by atoms with E-state index >= 15 is 0 Å². The van der Waals surface area contributed by atoms with Gasteiger partial charge in [0.2, 0.25) is 0 Å². The number of carbonyl (C=O) groups excluding carboxylic acids is 1. The van der Waals surface area contributed by atoms with Crippen LogP contribution in [0.3, 0.4) is 0 Å². The second kappa shape index (κ2) is 6.53. The summed E-state index contributed by atoms with van der Waals surface area (Å²) in [5.74, 6) is 0.156. The van der Waals surface area contributed by atoms with Crippen LogP contribution in [0.5, 0.6) is 0 Å². The Morgan fingerprint density at radius 2 is 1.50 bits per heavy atom. The van der Waals surface area contributed by atoms with Gasteiger partial charge in [0, 0.05) is 11.4 Å². The van der Waals surface area contributed by atoms with Crippen LogP contribution in [0.4, 0.5) is 0 Å². The van der Waals surface area contributed by atoms with Crippen molar-refractivity contribution in [1.82, 2.24) is 0 Å². The molecule has 0 aliphatic heterocycles. The zero-order valence-corrected chi connectivity index (χ0v) is 12.4. The predicted molar refractivity (Wildman–Crippen MR) is 85.0 cm³/mol. The van der Waals surface area contributed by atoms with Gasteiger partial charge in [-0.15, -0.1) is 0 Å². The lowest BCUT2D eigenvalue weighted by atomic mass is 9.96. The third-order valence-corrected chi connectivity index (χ3v) is 3.36. The zero-order chi connectivity index (χ0) is 14.5. The molecule has 20 heavy (non-hydrogen) atoms. The number of halogens is 1. The van der Waals surface area contributed by atoms with E-state index in [2.05, 4.69) is 31.2 Å². The number of hydrogen-bond donors (Lipinski definition) is 0. The van der Waals surface area contributed by atoms with Crippen molar-refractivity contribution in [2.75, 3.05) is 0 Å². The fraction of sp³-hybridized carbons (Fsp3) is 0.167. The maximum atomic E-state index is 11.3. The summed E-state index contributed by atoms with van der Waals surface area (Å²) in [6.07, 6.45) is 2.42. The van der Waals surface area contributed by atoms with Crippen molar-refractivity contribution in [3.8, 4) is 0 Å². The minimum atomic E-state index is 0.156. The van der Waals surface area contributed by atoms with Crippen molar-refractivity contribution >= 4 is 23.0 Å². The van der Waals surface area contributed by atoms with E-state index in [0.29, 0.717) is 11.4 Å². The first-order valence-corrected chi connectivity index (χ1v) is 6.96. The lowest BCUT2D eigenvalue weighted by Crippen LogP contribution is -1.92. The Labute approximate surface area is 124 Å². The predicted octanol–water partition coefficient (Wildman–Crippen LogP) is 5.06. The van der Waals surface area contributed by atoms with Crippen molar-refractivity contribution in [3.05, 3.63) is 76.3 Å². The third kappa shape index (κ3) is 3.82. The maximum Gasteiger partial charge on any atom is 0.133 e. The molecule has 0 aromatic heterocycles. The van der Waals surface area contributed by atoms with E-state index in [1.807, 2.05) is 30.3 Å². The van der Waals surface area contributed by atoms with E-state index < -0.39 is 0 Å². The number of hydrogen-bond acceptors (Lipinski definition) is 1. The van der Waals surface area contributed by atoms with Gasteiger partial charge in [0.1, 0.15) is 5.78 Å². The molecule has 0 saturated heterocycles. The molecule has 102 valence electrons. The average molecular weight is 285 g/mol. The minimum Gasteiger partial charge on any atom is -0.300 e. The van der Waals surface area contributed by atoms with Gasteiger partial charge in [0.15, 0.2) is 0 Å². The summed E-state index contributed by atoms with van der Waals surface area (Å²) in [6.45, 7) is 3.66. The summed E-state index contributed by atoms with van der Waals surface area (Å²) in [7, 11) is 0. The van der Waals surface area contributed by atoms with Gasteiger partial charge in [0.05, 0.1) is 0 Å². The van der Waals surface area contributed by atoms with Crippen LogP contribution in [-0.2, 0) is 4.79 Å². The monoisotopic (exact) mass is 284 g/mol. The first kappa shape index (κ1) is 14.5. The van der Waals surface area contributed by atoms with Gasteiger partial charge in [0.25, 0.3) is 0 Å². The molecule has 0 spiro atoms. The highest BCUT2D eigenvalue weighted by atomic mass is 35.5. The normalized spacial score (nSPS) is 11.4. The second-order valence-corrected chi connectivity index (χ2v) is 5.33. The van der Waals surface area contributed by atoms with E-state index in [1.165, 1.54) is 5.56 Å². The lowest BCUT2D eigenvalue weighted by Gasteiger charge is -2.09. The first-order valence-electron chi connectivity index (χ1n) is 6.59. The van der Waals surface area contributed by atoms with Crippen LogP contribution in [0.25, 0.3) is 5.57 Å². The quantitative estimate of drug-likeness (QED) is 0.767. The summed E-state index contributed by atoms with van der Waals surface area (Å²) >= 11 is 5.94. The smallest absolute Gasteiger partial charge is 0.133 e. The van der Waals surface area contributed by atoms with Gasteiger partial charge in [-0.1, -0.05) is 59.6 Å². The third-order valence-electron chi connectivity index (χ3n) is 3.11. The fourth-order valence-corrected chi connectivity index (χ4v) is 2.14. The number of rotatable bonds is 4. The van der Waals surface area contributed by atoms with Crippen LogP contribution in [0.1, 0.15) is 30.0 Å². The molecule has 0 aliphatic carbocycles. The topological polar surface area (TPSA) is 17.1 Å². The molecule has 0 fully saturated rings. The number of allylic oxidation sites excluding steroid dienone is 1. The molecule has 0 radical (unpaired) electrons. The highest BCUT2D eigenvalue weighted by molar-refractivity contribution is 6.30. The minimum absolute atomic E-state index is 0.156. The second-order valence-electron chi connectivity index (χ2n) is 4.90. The molecule has 0 bridgehead atoms. The van der Waals surface area contributed by atoms with Crippen LogP contribution in [0, 0.1) is 6.92 Å². The maximum absolute atomic E-state index is 11.3. The van der Waals surface area contributed by atoms with Gasteiger partial charge < -0.3 is 0 Å². The SMILES string of the molecule is CC(=O)C/C=C(/c1ccc(C)cc1)c1ccc(Cl)cc1. The van der Waals surface area contributed by atoms with Crippen molar-refractivity contribution in [2.24, 2.45) is 0 Å². The van der Waals surface area contributed by atoms with E-state index in [-0.39, 0.29) is 5.78 Å². The van der Waals surface area contributed by atoms with Gasteiger partial charge in [-0.2, -0.15) is 0 Å². The number of Topliss-reactive ketones (excluding diaryl/α,β-unsaturated/α-hetero) is 1. The zero-order valence-electron chi connectivity index (χ0n) is 11.7. The number of ketones is 1. The van der Waals surface area contributed by atoms with Gasteiger partial charge >= 0.3 is 0 Å². The molecule has 0 saturated carbocycles. The Morgan fingerprint density at radius 1 is 1.00 bits per heavy atom. The van der Waals surface area contributed by atoms with Gasteiger partial charge in [-0.25, -0.2) is 0 Å². The van der Waals surface area contributed by atoms with E-state index in [4.69, 9.17) is 11.6 Å². The Morgan fingerprint density at radius 3 is 2.00 bits per heavy atom. The average Bonchev–Trinajstić information content (AvgIpc) is 2.42. The van der Waals surface area contributed by atoms with Crippen molar-refractivity contribution in [1.29, 1.82) is 0 Å². The molecule has 0 unspecified atom stereocenters. The van der Waals surface area contributed by atoms with Crippen LogP contribution in [0.2, 0.25) is 5.02 Å². The molecule has 2 aromatic carbocycles. The molecule has 0 N–H and O–H groups in total. The molecule has 0 amide bonds. The standard InChI is InChI=1S/C18H17ClO/c1-13-3-6-15(7-4-13)18(12-5-14(2)20)16-8-10-17(19)11-9-16/h3-4,6-12H,5H2,1-2H3/b18-12-. The molecule has 1 nitrogen and oxygen atoms in total. The van der Waals surface area contributed by atoms with E-state index in [9.17, 15) is 4.79 Å². The summed E-state index contributed by atoms with van der Waals surface area (Å²) in [4.78, 5) is 11.3. The van der Waals surface area contributed by atoms with E-state index in [0.717, 1.165) is 16.7 Å².